The second-order valence-corrected chi connectivity index (χ2v) is 11.3. The van der Waals surface area contributed by atoms with Crippen LogP contribution >= 0.6 is 11.3 Å². The van der Waals surface area contributed by atoms with Gasteiger partial charge in [0.05, 0.1) is 11.4 Å². The molecule has 0 spiro atoms. The lowest BCUT2D eigenvalue weighted by Crippen LogP contribution is -2.27. The van der Waals surface area contributed by atoms with E-state index in [4.69, 9.17) is 9.47 Å². The fourth-order valence-electron chi connectivity index (χ4n) is 3.21. The Labute approximate surface area is 221 Å². The third-order valence-electron chi connectivity index (χ3n) is 4.70. The van der Waals surface area contributed by atoms with Gasteiger partial charge in [0.15, 0.2) is 0 Å². The predicted molar refractivity (Wildman–Crippen MR) is 149 cm³/mol. The summed E-state index contributed by atoms with van der Waals surface area (Å²) < 4.78 is 10.6. The van der Waals surface area contributed by atoms with Crippen molar-refractivity contribution in [2.75, 3.05) is 10.6 Å². The molecule has 0 saturated carbocycles. The highest BCUT2D eigenvalue weighted by Gasteiger charge is 2.19. The third kappa shape index (κ3) is 8.91. The first-order valence-electron chi connectivity index (χ1n) is 11.8. The zero-order chi connectivity index (χ0) is 27.2. The lowest BCUT2D eigenvalue weighted by Gasteiger charge is -2.21. The first-order chi connectivity index (χ1) is 17.3. The van der Waals surface area contributed by atoms with E-state index in [-0.39, 0.29) is 5.91 Å². The van der Waals surface area contributed by atoms with Gasteiger partial charge in [-0.05, 0) is 94.5 Å². The van der Waals surface area contributed by atoms with E-state index in [2.05, 4.69) is 10.6 Å². The highest BCUT2D eigenvalue weighted by Crippen LogP contribution is 2.32. The number of carbonyl (C=O) groups is 3. The largest absolute Gasteiger partial charge is 0.457 e. The Balaban J connectivity index is 1.78. The molecule has 1 aromatic heterocycles. The standard InChI is InChI=1S/C29H32N2O5S/c1-28(2,3)35-25(32)16-11-19-9-12-20(13-10-19)26(33)30-23-18-21(24-8-7-17-37-24)14-15-22(23)31-27(34)36-29(4,5)6/h7-18H,1-6H3,(H,30,33)(H,31,34)/b16-11+. The maximum atomic E-state index is 13.1. The summed E-state index contributed by atoms with van der Waals surface area (Å²) in [5.74, 6) is -0.789. The van der Waals surface area contributed by atoms with E-state index in [1.807, 2.05) is 29.6 Å². The van der Waals surface area contributed by atoms with Crippen molar-refractivity contribution in [2.45, 2.75) is 52.7 Å². The van der Waals surface area contributed by atoms with Crippen LogP contribution in [-0.4, -0.2) is 29.2 Å². The molecule has 0 radical (unpaired) electrons. The number of esters is 1. The lowest BCUT2D eigenvalue weighted by atomic mass is 10.1. The molecule has 0 bridgehead atoms. The summed E-state index contributed by atoms with van der Waals surface area (Å²) in [4.78, 5) is 38.4. The fraction of sp³-hybridized carbons (Fsp3) is 0.276. The second kappa shape index (κ2) is 11.4. The number of hydrogen-bond donors (Lipinski definition) is 2. The average Bonchev–Trinajstić information content (AvgIpc) is 3.32. The summed E-state index contributed by atoms with van der Waals surface area (Å²) in [6, 6.07) is 16.1. The fourth-order valence-corrected chi connectivity index (χ4v) is 3.93. The van der Waals surface area contributed by atoms with Crippen molar-refractivity contribution in [2.24, 2.45) is 0 Å². The maximum absolute atomic E-state index is 13.1. The van der Waals surface area contributed by atoms with Gasteiger partial charge in [-0.25, -0.2) is 9.59 Å². The molecule has 7 nitrogen and oxygen atoms in total. The molecular formula is C29H32N2O5S. The zero-order valence-corrected chi connectivity index (χ0v) is 22.7. The van der Waals surface area contributed by atoms with Crippen LogP contribution in [0.3, 0.4) is 0 Å². The number of carbonyl (C=O) groups excluding carboxylic acids is 3. The van der Waals surface area contributed by atoms with Crippen molar-refractivity contribution in [3.8, 4) is 10.4 Å². The van der Waals surface area contributed by atoms with Crippen molar-refractivity contribution in [3.05, 3.63) is 77.2 Å². The summed E-state index contributed by atoms with van der Waals surface area (Å²) in [7, 11) is 0. The second-order valence-electron chi connectivity index (χ2n) is 10.3. The van der Waals surface area contributed by atoms with Crippen molar-refractivity contribution in [1.29, 1.82) is 0 Å². The van der Waals surface area contributed by atoms with E-state index in [1.165, 1.54) is 6.08 Å². The Morgan fingerprint density at radius 2 is 1.49 bits per heavy atom. The van der Waals surface area contributed by atoms with Crippen LogP contribution in [0.25, 0.3) is 16.5 Å². The minimum Gasteiger partial charge on any atom is -0.457 e. The summed E-state index contributed by atoms with van der Waals surface area (Å²) in [6.45, 7) is 10.7. The van der Waals surface area contributed by atoms with Gasteiger partial charge in [0.2, 0.25) is 0 Å². The average molecular weight is 521 g/mol. The number of hydrogen-bond acceptors (Lipinski definition) is 6. The van der Waals surface area contributed by atoms with Crippen LogP contribution in [0.2, 0.25) is 0 Å². The van der Waals surface area contributed by atoms with Crippen molar-refractivity contribution < 1.29 is 23.9 Å². The molecule has 2 N–H and O–H groups in total. The van der Waals surface area contributed by atoms with E-state index in [0.29, 0.717) is 16.9 Å². The molecule has 0 saturated heterocycles. The van der Waals surface area contributed by atoms with Crippen LogP contribution < -0.4 is 10.6 Å². The van der Waals surface area contributed by atoms with Gasteiger partial charge in [-0.2, -0.15) is 0 Å². The molecule has 0 aliphatic rings. The summed E-state index contributed by atoms with van der Waals surface area (Å²) in [6.07, 6.45) is 2.36. The molecule has 37 heavy (non-hydrogen) atoms. The van der Waals surface area contributed by atoms with Gasteiger partial charge in [0.25, 0.3) is 5.91 Å². The molecule has 1 heterocycles. The van der Waals surface area contributed by atoms with E-state index in [1.54, 1.807) is 89.3 Å². The molecule has 0 unspecified atom stereocenters. The maximum Gasteiger partial charge on any atom is 0.412 e. The van der Waals surface area contributed by atoms with Gasteiger partial charge < -0.3 is 14.8 Å². The van der Waals surface area contributed by atoms with Crippen LogP contribution in [-0.2, 0) is 14.3 Å². The molecule has 3 aromatic rings. The number of nitrogens with one attached hydrogen (secondary N) is 2. The van der Waals surface area contributed by atoms with Gasteiger partial charge in [0.1, 0.15) is 11.2 Å². The van der Waals surface area contributed by atoms with Crippen LogP contribution in [0.1, 0.15) is 57.5 Å². The van der Waals surface area contributed by atoms with Crippen LogP contribution in [0.5, 0.6) is 0 Å². The number of benzene rings is 2. The molecule has 0 fully saturated rings. The molecule has 194 valence electrons. The van der Waals surface area contributed by atoms with E-state index < -0.39 is 23.3 Å². The molecule has 2 aromatic carbocycles. The highest BCUT2D eigenvalue weighted by molar-refractivity contribution is 7.13. The Bertz CT molecular complexity index is 1280. The Morgan fingerprint density at radius 1 is 0.811 bits per heavy atom. The van der Waals surface area contributed by atoms with Gasteiger partial charge in [-0.1, -0.05) is 24.3 Å². The molecule has 0 aliphatic carbocycles. The number of anilines is 2. The third-order valence-corrected chi connectivity index (χ3v) is 5.62. The summed E-state index contributed by atoms with van der Waals surface area (Å²) in [5.41, 5.74) is 1.69. The quantitative estimate of drug-likeness (QED) is 0.261. The minimum absolute atomic E-state index is 0.349. The van der Waals surface area contributed by atoms with Gasteiger partial charge in [-0.3, -0.25) is 10.1 Å². The number of thiophene rings is 1. The van der Waals surface area contributed by atoms with Crippen LogP contribution in [0.15, 0.2) is 66.1 Å². The summed E-state index contributed by atoms with van der Waals surface area (Å²) >= 11 is 1.57. The molecule has 0 atom stereocenters. The predicted octanol–water partition coefficient (Wildman–Crippen LogP) is 7.37. The van der Waals surface area contributed by atoms with Crippen LogP contribution in [0.4, 0.5) is 16.2 Å². The number of rotatable bonds is 6. The first kappa shape index (κ1) is 27.7. The SMILES string of the molecule is CC(C)(C)OC(=O)/C=C/c1ccc(C(=O)Nc2cc(-c3cccs3)ccc2NC(=O)OC(C)(C)C)cc1. The minimum atomic E-state index is -0.663. The molecule has 3 rings (SSSR count). The number of amides is 2. The van der Waals surface area contributed by atoms with Gasteiger partial charge >= 0.3 is 12.1 Å². The Kier molecular flexibility index (Phi) is 8.55. The van der Waals surface area contributed by atoms with Gasteiger partial charge in [0, 0.05) is 16.5 Å². The van der Waals surface area contributed by atoms with E-state index >= 15 is 0 Å². The smallest absolute Gasteiger partial charge is 0.412 e. The van der Waals surface area contributed by atoms with E-state index in [9.17, 15) is 14.4 Å². The van der Waals surface area contributed by atoms with Crippen molar-refractivity contribution in [1.82, 2.24) is 0 Å². The Morgan fingerprint density at radius 3 is 2.08 bits per heavy atom. The summed E-state index contributed by atoms with van der Waals surface area (Å²) in [5, 5.41) is 7.59. The van der Waals surface area contributed by atoms with E-state index in [0.717, 1.165) is 16.0 Å². The lowest BCUT2D eigenvalue weighted by molar-refractivity contribution is -0.148. The monoisotopic (exact) mass is 520 g/mol. The molecule has 8 heteroatoms. The van der Waals surface area contributed by atoms with Gasteiger partial charge in [-0.15, -0.1) is 11.3 Å². The molecular weight excluding hydrogens is 488 g/mol. The van der Waals surface area contributed by atoms with Crippen molar-refractivity contribution in [3.63, 3.8) is 0 Å². The number of ether oxygens (including phenoxy) is 2. The first-order valence-corrected chi connectivity index (χ1v) is 12.7. The van der Waals surface area contributed by atoms with Crippen LogP contribution in [0, 0.1) is 0 Å². The Hall–Kier alpha value is -3.91. The van der Waals surface area contributed by atoms with Crippen molar-refractivity contribution >= 4 is 46.8 Å². The molecule has 0 aliphatic heterocycles. The normalized spacial score (nSPS) is 11.7. The molecule has 2 amide bonds. The zero-order valence-electron chi connectivity index (χ0n) is 21.9. The topological polar surface area (TPSA) is 93.7 Å². The highest BCUT2D eigenvalue weighted by atomic mass is 32.1.